The number of nitrogens with two attached hydrogens (primary N) is 1. The van der Waals surface area contributed by atoms with Crippen molar-refractivity contribution in [2.75, 3.05) is 26.4 Å². The van der Waals surface area contributed by atoms with Gasteiger partial charge in [-0.15, -0.1) is 0 Å². The molecule has 0 saturated heterocycles. The molecule has 0 bridgehead atoms. The van der Waals surface area contributed by atoms with Crippen LogP contribution in [-0.2, 0) is 32.7 Å². The Bertz CT molecular complexity index is 1610. The van der Waals surface area contributed by atoms with Crippen molar-refractivity contribution < 1.29 is 37.6 Å². The number of phosphoric ester groups is 1. The Morgan fingerprint density at radius 2 is 0.696 bits per heavy atom. The molecule has 0 rings (SSSR count). The molecule has 0 heterocycles. The smallest absolute Gasteiger partial charge is 0.462 e. The standard InChI is InChI=1S/C69H122NO8P/c1-3-5-7-9-11-13-15-17-19-21-23-25-26-27-28-29-30-31-32-33-34-35-36-37-38-39-40-42-44-46-48-50-52-54-56-58-60-62-69(72)78-67(66-77-79(73,74)76-64-63-70)65-75-68(71)61-59-57-55-53-51-49-47-45-43-41-24-22-20-18-16-14-12-10-8-6-4-2/h5,7,11,13,17,19,22-25,27-28,30-31,33-34,67H,3-4,6,8-10,12,14-16,18,20-21,26,29,32,35-66,70H2,1-2H3,(H,73,74)/b7-5-,13-11-,19-17-,24-22-,25-23-,28-27-,31-30-,34-33-. The number of unbranched alkanes of at least 4 members (excludes halogenated alkanes) is 32. The van der Waals surface area contributed by atoms with Crippen LogP contribution in [0.3, 0.4) is 0 Å². The maximum atomic E-state index is 12.7. The summed E-state index contributed by atoms with van der Waals surface area (Å²) in [6.45, 7) is 3.66. The molecule has 456 valence electrons. The van der Waals surface area contributed by atoms with Crippen LogP contribution in [0, 0.1) is 0 Å². The molecule has 10 heteroatoms. The second kappa shape index (κ2) is 64.1. The summed E-state index contributed by atoms with van der Waals surface area (Å²) in [5, 5.41) is 0. The minimum absolute atomic E-state index is 0.0511. The first-order valence-electron chi connectivity index (χ1n) is 32.7. The number of ether oxygens (including phenoxy) is 2. The molecule has 79 heavy (non-hydrogen) atoms. The third-order valence-corrected chi connectivity index (χ3v) is 14.9. The number of esters is 2. The van der Waals surface area contributed by atoms with Gasteiger partial charge in [0.05, 0.1) is 13.2 Å². The van der Waals surface area contributed by atoms with E-state index in [2.05, 4.69) is 111 Å². The fraction of sp³-hybridized carbons (Fsp3) is 0.739. The van der Waals surface area contributed by atoms with E-state index in [1.165, 1.54) is 180 Å². The Labute approximate surface area is 486 Å². The highest BCUT2D eigenvalue weighted by molar-refractivity contribution is 7.47. The van der Waals surface area contributed by atoms with Crippen molar-refractivity contribution in [3.05, 3.63) is 97.2 Å². The molecule has 0 aromatic carbocycles. The van der Waals surface area contributed by atoms with Crippen LogP contribution in [0.4, 0.5) is 0 Å². The summed E-state index contributed by atoms with van der Waals surface area (Å²) >= 11 is 0. The first-order chi connectivity index (χ1) is 38.8. The van der Waals surface area contributed by atoms with Crippen LogP contribution in [-0.4, -0.2) is 49.3 Å². The van der Waals surface area contributed by atoms with E-state index in [0.29, 0.717) is 6.42 Å². The van der Waals surface area contributed by atoms with Gasteiger partial charge in [-0.1, -0.05) is 284 Å². The number of hydrogen-bond acceptors (Lipinski definition) is 8. The van der Waals surface area contributed by atoms with E-state index in [1.54, 1.807) is 0 Å². The summed E-state index contributed by atoms with van der Waals surface area (Å²) in [6.07, 6.45) is 86.2. The van der Waals surface area contributed by atoms with Crippen molar-refractivity contribution in [1.82, 2.24) is 0 Å². The summed E-state index contributed by atoms with van der Waals surface area (Å²) in [5.41, 5.74) is 5.39. The van der Waals surface area contributed by atoms with Gasteiger partial charge in [0.15, 0.2) is 6.10 Å². The Morgan fingerprint density at radius 3 is 1.05 bits per heavy atom. The topological polar surface area (TPSA) is 134 Å². The van der Waals surface area contributed by atoms with Crippen molar-refractivity contribution in [3.8, 4) is 0 Å². The van der Waals surface area contributed by atoms with Gasteiger partial charge in [-0.3, -0.25) is 18.6 Å². The molecule has 0 aromatic rings. The normalized spacial score (nSPS) is 13.6. The Morgan fingerprint density at radius 1 is 0.392 bits per heavy atom. The van der Waals surface area contributed by atoms with Gasteiger partial charge >= 0.3 is 19.8 Å². The van der Waals surface area contributed by atoms with Gasteiger partial charge in [0.2, 0.25) is 0 Å². The SMILES string of the molecule is CC/C=C\C/C=C\C/C=C\C/C=C\C/C=C\C/C=C\C/C=C\CCCCCCCCCCCCCCCCCC(=O)OC(COC(=O)CCCCCCCCCCC/C=C\CCCCCCCCCC)COP(=O)(O)OCCN. The van der Waals surface area contributed by atoms with Crippen LogP contribution >= 0.6 is 7.82 Å². The molecular formula is C69H122NO8P. The highest BCUT2D eigenvalue weighted by atomic mass is 31.2. The fourth-order valence-corrected chi connectivity index (χ4v) is 9.91. The lowest BCUT2D eigenvalue weighted by molar-refractivity contribution is -0.161. The predicted molar refractivity (Wildman–Crippen MR) is 339 cm³/mol. The monoisotopic (exact) mass is 1120 g/mol. The van der Waals surface area contributed by atoms with Crippen LogP contribution < -0.4 is 5.73 Å². The van der Waals surface area contributed by atoms with Gasteiger partial charge in [0.1, 0.15) is 6.61 Å². The average molecular weight is 1120 g/mol. The average Bonchev–Trinajstić information content (AvgIpc) is 3.44. The number of hydrogen-bond donors (Lipinski definition) is 2. The third-order valence-electron chi connectivity index (χ3n) is 14.0. The molecule has 3 N–H and O–H groups in total. The van der Waals surface area contributed by atoms with E-state index in [1.807, 2.05) is 0 Å². The highest BCUT2D eigenvalue weighted by Crippen LogP contribution is 2.43. The van der Waals surface area contributed by atoms with Crippen molar-refractivity contribution in [2.24, 2.45) is 5.73 Å². The lowest BCUT2D eigenvalue weighted by Gasteiger charge is -2.19. The molecule has 0 fully saturated rings. The molecule has 9 nitrogen and oxygen atoms in total. The van der Waals surface area contributed by atoms with E-state index in [-0.39, 0.29) is 38.6 Å². The predicted octanol–water partition coefficient (Wildman–Crippen LogP) is 21.2. The molecule has 0 saturated carbocycles. The molecule has 0 aliphatic heterocycles. The lowest BCUT2D eigenvalue weighted by Crippen LogP contribution is -2.29. The van der Waals surface area contributed by atoms with Crippen LogP contribution in [0.1, 0.15) is 296 Å². The summed E-state index contributed by atoms with van der Waals surface area (Å²) in [6, 6.07) is 0. The van der Waals surface area contributed by atoms with E-state index in [4.69, 9.17) is 24.3 Å². The molecule has 0 radical (unpaired) electrons. The molecule has 0 spiro atoms. The maximum absolute atomic E-state index is 12.7. The highest BCUT2D eigenvalue weighted by Gasteiger charge is 2.26. The van der Waals surface area contributed by atoms with Gasteiger partial charge in [-0.05, 0) is 96.3 Å². The van der Waals surface area contributed by atoms with Gasteiger partial charge in [0, 0.05) is 19.4 Å². The Hall–Kier alpha value is -3.07. The van der Waals surface area contributed by atoms with E-state index < -0.39 is 26.5 Å². The number of phosphoric acid groups is 1. The quantitative estimate of drug-likeness (QED) is 0.0264. The van der Waals surface area contributed by atoms with Crippen molar-refractivity contribution >= 4 is 19.8 Å². The third kappa shape index (κ3) is 64.0. The van der Waals surface area contributed by atoms with Crippen LogP contribution in [0.5, 0.6) is 0 Å². The Kier molecular flexibility index (Phi) is 61.6. The molecule has 0 aliphatic carbocycles. The molecule has 0 aromatic heterocycles. The van der Waals surface area contributed by atoms with Gasteiger partial charge in [-0.25, -0.2) is 4.57 Å². The summed E-state index contributed by atoms with van der Waals surface area (Å²) < 4.78 is 33.1. The summed E-state index contributed by atoms with van der Waals surface area (Å²) in [7, 11) is -4.39. The number of carbonyl (C=O) groups is 2. The minimum atomic E-state index is -4.39. The molecule has 2 unspecified atom stereocenters. The molecular weight excluding hydrogens is 1000 g/mol. The van der Waals surface area contributed by atoms with E-state index in [0.717, 1.165) is 83.5 Å². The molecule has 0 amide bonds. The molecule has 0 aliphatic rings. The zero-order valence-electron chi connectivity index (χ0n) is 51.1. The number of allylic oxidation sites excluding steroid dienone is 16. The van der Waals surface area contributed by atoms with Crippen molar-refractivity contribution in [3.63, 3.8) is 0 Å². The van der Waals surface area contributed by atoms with Gasteiger partial charge in [-0.2, -0.15) is 0 Å². The first-order valence-corrected chi connectivity index (χ1v) is 34.2. The van der Waals surface area contributed by atoms with Crippen molar-refractivity contribution in [2.45, 2.75) is 302 Å². The van der Waals surface area contributed by atoms with Gasteiger partial charge < -0.3 is 20.1 Å². The van der Waals surface area contributed by atoms with E-state index >= 15 is 0 Å². The van der Waals surface area contributed by atoms with Gasteiger partial charge in [0.25, 0.3) is 0 Å². The summed E-state index contributed by atoms with van der Waals surface area (Å²) in [5.74, 6) is -0.823. The second-order valence-corrected chi connectivity index (χ2v) is 23.1. The summed E-state index contributed by atoms with van der Waals surface area (Å²) in [4.78, 5) is 35.3. The second-order valence-electron chi connectivity index (χ2n) is 21.6. The first kappa shape index (κ1) is 75.9. The van der Waals surface area contributed by atoms with Crippen molar-refractivity contribution in [1.29, 1.82) is 0 Å². The molecule has 2 atom stereocenters. The van der Waals surface area contributed by atoms with Crippen LogP contribution in [0.15, 0.2) is 97.2 Å². The van der Waals surface area contributed by atoms with E-state index in [9.17, 15) is 19.0 Å². The zero-order valence-corrected chi connectivity index (χ0v) is 52.0. The zero-order chi connectivity index (χ0) is 57.3. The number of carbonyl (C=O) groups excluding carboxylic acids is 2. The van der Waals surface area contributed by atoms with Crippen LogP contribution in [0.2, 0.25) is 0 Å². The maximum Gasteiger partial charge on any atom is 0.472 e. The largest absolute Gasteiger partial charge is 0.472 e. The Balaban J connectivity index is 3.90. The van der Waals surface area contributed by atoms with Crippen LogP contribution in [0.25, 0.3) is 0 Å². The number of rotatable bonds is 61. The lowest BCUT2D eigenvalue weighted by atomic mass is 10.0. The fourth-order valence-electron chi connectivity index (χ4n) is 9.14. The minimum Gasteiger partial charge on any atom is -0.462 e.